The Balaban J connectivity index is 2.72. The third-order valence-electron chi connectivity index (χ3n) is 2.47. The van der Waals surface area contributed by atoms with E-state index in [-0.39, 0.29) is 16.3 Å². The second-order valence-electron chi connectivity index (χ2n) is 4.25. The molecule has 0 aliphatic rings. The van der Waals surface area contributed by atoms with Crippen LogP contribution in [0, 0.1) is 0 Å². The molecule has 116 valence electrons. The van der Waals surface area contributed by atoms with Gasteiger partial charge in [-0.05, 0) is 18.2 Å². The molecule has 0 unspecified atom stereocenters. The van der Waals surface area contributed by atoms with Gasteiger partial charge in [-0.2, -0.15) is 13.2 Å². The minimum Gasteiger partial charge on any atom is -0.478 e. The first kappa shape index (κ1) is 17.1. The standard InChI is InChI=1S/C12H12ClF3N2O3/c1-18(3-2-12(14,15)16)11(21)17-9-5-7(10(19)20)4-8(13)6-9/h4-6H,2-3H2,1H3,(H,17,21)(H,19,20). The SMILES string of the molecule is CN(CCC(F)(F)F)C(=O)Nc1cc(Cl)cc(C(=O)O)c1. The van der Waals surface area contributed by atoms with Gasteiger partial charge in [-0.1, -0.05) is 11.6 Å². The van der Waals surface area contributed by atoms with Crippen molar-refractivity contribution in [2.75, 3.05) is 18.9 Å². The Morgan fingerprint density at radius 1 is 1.33 bits per heavy atom. The fraction of sp³-hybridized carbons (Fsp3) is 0.333. The van der Waals surface area contributed by atoms with Gasteiger partial charge in [0, 0.05) is 24.3 Å². The number of hydrogen-bond donors (Lipinski definition) is 2. The summed E-state index contributed by atoms with van der Waals surface area (Å²) in [5.41, 5.74) is -0.0560. The van der Waals surface area contributed by atoms with Crippen molar-refractivity contribution in [3.05, 3.63) is 28.8 Å². The number of carboxylic acid groups (broad SMARTS) is 1. The number of carbonyl (C=O) groups is 2. The number of carboxylic acids is 1. The molecule has 0 aromatic heterocycles. The molecule has 1 rings (SSSR count). The number of hydrogen-bond acceptors (Lipinski definition) is 2. The zero-order chi connectivity index (χ0) is 16.2. The predicted molar refractivity (Wildman–Crippen MR) is 70.7 cm³/mol. The van der Waals surface area contributed by atoms with Crippen LogP contribution in [0.4, 0.5) is 23.7 Å². The zero-order valence-corrected chi connectivity index (χ0v) is 11.6. The van der Waals surface area contributed by atoms with Crippen LogP contribution in [0.3, 0.4) is 0 Å². The number of urea groups is 1. The highest BCUT2D eigenvalue weighted by Crippen LogP contribution is 2.21. The van der Waals surface area contributed by atoms with Crippen LogP contribution >= 0.6 is 11.6 Å². The Hall–Kier alpha value is -1.96. The number of nitrogens with zero attached hydrogens (tertiary/aromatic N) is 1. The van der Waals surface area contributed by atoms with Crippen LogP contribution in [0.25, 0.3) is 0 Å². The molecule has 1 aromatic rings. The van der Waals surface area contributed by atoms with Crippen LogP contribution in [0.1, 0.15) is 16.8 Å². The second kappa shape index (κ2) is 6.66. The zero-order valence-electron chi connectivity index (χ0n) is 10.9. The molecule has 21 heavy (non-hydrogen) atoms. The molecule has 0 atom stereocenters. The Bertz CT molecular complexity index is 549. The van der Waals surface area contributed by atoms with Crippen LogP contribution in [-0.2, 0) is 0 Å². The van der Waals surface area contributed by atoms with E-state index in [0.29, 0.717) is 0 Å². The normalized spacial score (nSPS) is 11.1. The highest BCUT2D eigenvalue weighted by atomic mass is 35.5. The molecule has 0 aliphatic heterocycles. The van der Waals surface area contributed by atoms with Gasteiger partial charge in [0.05, 0.1) is 12.0 Å². The van der Waals surface area contributed by atoms with Gasteiger partial charge in [0.25, 0.3) is 0 Å². The fourth-order valence-electron chi connectivity index (χ4n) is 1.40. The summed E-state index contributed by atoms with van der Waals surface area (Å²) in [5, 5.41) is 11.2. The summed E-state index contributed by atoms with van der Waals surface area (Å²) in [7, 11) is 1.20. The Labute approximate surface area is 123 Å². The first-order valence-corrected chi connectivity index (χ1v) is 6.09. The maximum Gasteiger partial charge on any atom is 0.390 e. The van der Waals surface area contributed by atoms with Crippen LogP contribution in [0.2, 0.25) is 5.02 Å². The molecule has 0 saturated carbocycles. The van der Waals surface area contributed by atoms with Crippen LogP contribution in [0.15, 0.2) is 18.2 Å². The number of benzene rings is 1. The molecule has 0 fully saturated rings. The quantitative estimate of drug-likeness (QED) is 0.891. The molecule has 0 saturated heterocycles. The van der Waals surface area contributed by atoms with E-state index in [2.05, 4.69) is 5.32 Å². The smallest absolute Gasteiger partial charge is 0.390 e. The van der Waals surface area contributed by atoms with Gasteiger partial charge in [-0.25, -0.2) is 9.59 Å². The van der Waals surface area contributed by atoms with E-state index in [0.717, 1.165) is 11.0 Å². The lowest BCUT2D eigenvalue weighted by Gasteiger charge is -2.19. The molecule has 0 aliphatic carbocycles. The predicted octanol–water partition coefficient (Wildman–Crippen LogP) is 3.45. The summed E-state index contributed by atoms with van der Waals surface area (Å²) in [6, 6.07) is 2.85. The number of amides is 2. The van der Waals surface area contributed by atoms with Crippen molar-refractivity contribution in [1.82, 2.24) is 4.90 Å². The second-order valence-corrected chi connectivity index (χ2v) is 4.69. The summed E-state index contributed by atoms with van der Waals surface area (Å²) in [6.45, 7) is -0.512. The fourth-order valence-corrected chi connectivity index (χ4v) is 1.64. The number of nitrogens with one attached hydrogen (secondary N) is 1. The van der Waals surface area contributed by atoms with E-state index in [4.69, 9.17) is 16.7 Å². The summed E-state index contributed by atoms with van der Waals surface area (Å²) < 4.78 is 36.2. The lowest BCUT2D eigenvalue weighted by Crippen LogP contribution is -2.34. The molecule has 0 bridgehead atoms. The number of aromatic carboxylic acids is 1. The first-order chi connectivity index (χ1) is 9.58. The number of anilines is 1. The molecular formula is C12H12ClF3N2O3. The van der Waals surface area contributed by atoms with Gasteiger partial charge in [0.2, 0.25) is 0 Å². The minimum atomic E-state index is -4.36. The van der Waals surface area contributed by atoms with Crippen molar-refractivity contribution in [2.24, 2.45) is 0 Å². The monoisotopic (exact) mass is 324 g/mol. The van der Waals surface area contributed by atoms with Gasteiger partial charge in [-0.15, -0.1) is 0 Å². The highest BCUT2D eigenvalue weighted by molar-refractivity contribution is 6.31. The summed E-state index contributed by atoms with van der Waals surface area (Å²) in [4.78, 5) is 23.4. The number of rotatable bonds is 4. The molecular weight excluding hydrogens is 313 g/mol. The molecule has 9 heteroatoms. The lowest BCUT2D eigenvalue weighted by atomic mass is 10.2. The summed E-state index contributed by atoms with van der Waals surface area (Å²) in [5.74, 6) is -1.24. The maximum absolute atomic E-state index is 12.1. The van der Waals surface area contributed by atoms with Crippen molar-refractivity contribution >= 4 is 29.3 Å². The van der Waals surface area contributed by atoms with Gasteiger partial charge < -0.3 is 15.3 Å². The van der Waals surface area contributed by atoms with Crippen molar-refractivity contribution in [3.63, 3.8) is 0 Å². The van der Waals surface area contributed by atoms with E-state index in [1.165, 1.54) is 19.2 Å². The van der Waals surface area contributed by atoms with Gasteiger partial charge in [0.15, 0.2) is 0 Å². The van der Waals surface area contributed by atoms with E-state index < -0.39 is 31.1 Å². The van der Waals surface area contributed by atoms with Crippen LogP contribution < -0.4 is 5.32 Å². The maximum atomic E-state index is 12.1. The third-order valence-corrected chi connectivity index (χ3v) is 2.69. The van der Waals surface area contributed by atoms with E-state index in [1.807, 2.05) is 0 Å². The van der Waals surface area contributed by atoms with Crippen molar-refractivity contribution in [3.8, 4) is 0 Å². The Morgan fingerprint density at radius 2 is 1.95 bits per heavy atom. The average Bonchev–Trinajstić information content (AvgIpc) is 2.34. The third kappa shape index (κ3) is 5.90. The topological polar surface area (TPSA) is 69.6 Å². The number of halogens is 4. The molecule has 2 N–H and O–H groups in total. The Kier molecular flexibility index (Phi) is 5.42. The molecule has 0 spiro atoms. The molecule has 2 amide bonds. The van der Waals surface area contributed by atoms with Crippen molar-refractivity contribution < 1.29 is 27.9 Å². The largest absolute Gasteiger partial charge is 0.478 e. The summed E-state index contributed by atoms with van der Waals surface area (Å²) >= 11 is 5.70. The van der Waals surface area contributed by atoms with E-state index in [1.54, 1.807) is 0 Å². The minimum absolute atomic E-state index is 0.0862. The van der Waals surface area contributed by atoms with Crippen LogP contribution in [0.5, 0.6) is 0 Å². The molecule has 1 aromatic carbocycles. The van der Waals surface area contributed by atoms with Gasteiger partial charge in [0.1, 0.15) is 0 Å². The molecule has 0 heterocycles. The van der Waals surface area contributed by atoms with Crippen molar-refractivity contribution in [2.45, 2.75) is 12.6 Å². The van der Waals surface area contributed by atoms with Gasteiger partial charge in [-0.3, -0.25) is 0 Å². The first-order valence-electron chi connectivity index (χ1n) is 5.71. The number of carbonyl (C=O) groups excluding carboxylic acids is 1. The highest BCUT2D eigenvalue weighted by Gasteiger charge is 2.28. The summed E-state index contributed by atoms with van der Waals surface area (Å²) in [6.07, 6.45) is -5.49. The van der Waals surface area contributed by atoms with Crippen molar-refractivity contribution in [1.29, 1.82) is 0 Å². The average molecular weight is 325 g/mol. The number of alkyl halides is 3. The lowest BCUT2D eigenvalue weighted by molar-refractivity contribution is -0.135. The van der Waals surface area contributed by atoms with E-state index >= 15 is 0 Å². The molecule has 5 nitrogen and oxygen atoms in total. The molecule has 0 radical (unpaired) electrons. The van der Waals surface area contributed by atoms with E-state index in [9.17, 15) is 22.8 Å². The van der Waals surface area contributed by atoms with Crippen LogP contribution in [-0.4, -0.2) is 41.8 Å². The van der Waals surface area contributed by atoms with Gasteiger partial charge >= 0.3 is 18.2 Å². The Morgan fingerprint density at radius 3 is 2.48 bits per heavy atom.